The lowest BCUT2D eigenvalue weighted by Crippen LogP contribution is -2.42. The van der Waals surface area contributed by atoms with Crippen LogP contribution in [0.2, 0.25) is 0 Å². The van der Waals surface area contributed by atoms with Gasteiger partial charge in [0.15, 0.2) is 0 Å². The number of piperidine rings is 1. The van der Waals surface area contributed by atoms with E-state index in [0.29, 0.717) is 5.92 Å². The Morgan fingerprint density at radius 3 is 2.44 bits per heavy atom. The molecule has 106 valence electrons. The van der Waals surface area contributed by atoms with Gasteiger partial charge in [0.1, 0.15) is 5.60 Å². The van der Waals surface area contributed by atoms with Gasteiger partial charge in [0, 0.05) is 19.1 Å². The second-order valence-corrected chi connectivity index (χ2v) is 6.09. The molecule has 5 heteroatoms. The van der Waals surface area contributed by atoms with Crippen molar-refractivity contribution in [2.45, 2.75) is 51.7 Å². The molecule has 1 atom stereocenters. The van der Waals surface area contributed by atoms with E-state index >= 15 is 0 Å². The molecule has 5 nitrogen and oxygen atoms in total. The summed E-state index contributed by atoms with van der Waals surface area (Å²) >= 11 is 0. The quantitative estimate of drug-likeness (QED) is 0.801. The van der Waals surface area contributed by atoms with Gasteiger partial charge in [-0.05, 0) is 46.0 Å². The number of carbonyl (C=O) groups excluding carboxylic acids is 1. The number of hydrogen-bond acceptors (Lipinski definition) is 4. The monoisotopic (exact) mass is 258 g/mol. The van der Waals surface area contributed by atoms with Gasteiger partial charge in [0.05, 0.1) is 6.61 Å². The van der Waals surface area contributed by atoms with Crippen LogP contribution in [0.3, 0.4) is 0 Å². The number of ether oxygens (including phenoxy) is 1. The van der Waals surface area contributed by atoms with Crippen molar-refractivity contribution < 1.29 is 14.6 Å². The van der Waals surface area contributed by atoms with Gasteiger partial charge in [0.2, 0.25) is 0 Å². The summed E-state index contributed by atoms with van der Waals surface area (Å²) in [6.07, 6.45) is 2.48. The minimum atomic E-state index is -0.437. The molecular formula is C13H26N2O3. The molecular weight excluding hydrogens is 232 g/mol. The Morgan fingerprint density at radius 2 is 2.00 bits per heavy atom. The fraction of sp³-hybridized carbons (Fsp3) is 0.923. The first-order valence-electron chi connectivity index (χ1n) is 6.66. The second-order valence-electron chi connectivity index (χ2n) is 6.09. The second kappa shape index (κ2) is 6.38. The average molecular weight is 258 g/mol. The smallest absolute Gasteiger partial charge is 0.410 e. The topological polar surface area (TPSA) is 75.8 Å². The number of aliphatic hydroxyl groups is 1. The van der Waals surface area contributed by atoms with Crippen molar-refractivity contribution in [3.05, 3.63) is 0 Å². The lowest BCUT2D eigenvalue weighted by molar-refractivity contribution is 0.0177. The predicted molar refractivity (Wildman–Crippen MR) is 70.2 cm³/mol. The molecule has 1 saturated heterocycles. The Kier molecular flexibility index (Phi) is 5.41. The zero-order chi connectivity index (χ0) is 13.8. The maximum absolute atomic E-state index is 11.8. The van der Waals surface area contributed by atoms with Gasteiger partial charge < -0.3 is 20.5 Å². The lowest BCUT2D eigenvalue weighted by atomic mass is 9.91. The number of amides is 1. The third-order valence-electron chi connectivity index (χ3n) is 3.14. The Balaban J connectivity index is 2.33. The highest BCUT2D eigenvalue weighted by atomic mass is 16.6. The van der Waals surface area contributed by atoms with Gasteiger partial charge in [-0.15, -0.1) is 0 Å². The van der Waals surface area contributed by atoms with Crippen LogP contribution in [0.4, 0.5) is 4.79 Å². The zero-order valence-electron chi connectivity index (χ0n) is 11.7. The number of rotatable bonds is 3. The molecule has 1 rings (SSSR count). The van der Waals surface area contributed by atoms with Crippen LogP contribution in [-0.4, -0.2) is 47.4 Å². The first-order chi connectivity index (χ1) is 8.31. The third-order valence-corrected chi connectivity index (χ3v) is 3.14. The molecule has 1 fully saturated rings. The van der Waals surface area contributed by atoms with Crippen LogP contribution in [0.25, 0.3) is 0 Å². The minimum absolute atomic E-state index is 0.0340. The largest absolute Gasteiger partial charge is 0.444 e. The van der Waals surface area contributed by atoms with Crippen LogP contribution in [0.15, 0.2) is 0 Å². The van der Waals surface area contributed by atoms with E-state index in [0.717, 1.165) is 32.4 Å². The normalized spacial score (nSPS) is 19.7. The Hall–Kier alpha value is -0.810. The van der Waals surface area contributed by atoms with Crippen LogP contribution < -0.4 is 5.73 Å². The molecule has 0 bridgehead atoms. The molecule has 0 radical (unpaired) electrons. The molecule has 0 aromatic carbocycles. The van der Waals surface area contributed by atoms with Crippen molar-refractivity contribution in [3.63, 3.8) is 0 Å². The van der Waals surface area contributed by atoms with E-state index < -0.39 is 5.60 Å². The van der Waals surface area contributed by atoms with Crippen LogP contribution in [0, 0.1) is 5.92 Å². The van der Waals surface area contributed by atoms with Crippen LogP contribution in [0.5, 0.6) is 0 Å². The van der Waals surface area contributed by atoms with Gasteiger partial charge in [-0.25, -0.2) is 4.79 Å². The van der Waals surface area contributed by atoms with Gasteiger partial charge in [0.25, 0.3) is 0 Å². The standard InChI is InChI=1S/C13H26N2O3/c1-13(2,3)18-12(17)15-6-4-10(5-7-15)8-11(14)9-16/h10-11,16H,4-9,14H2,1-3H3/t11-/m1/s1. The lowest BCUT2D eigenvalue weighted by Gasteiger charge is -2.34. The SMILES string of the molecule is CC(C)(C)OC(=O)N1CCC(C[C@@H](N)CO)CC1. The molecule has 0 spiro atoms. The maximum Gasteiger partial charge on any atom is 0.410 e. The van der Waals surface area contributed by atoms with Gasteiger partial charge in [-0.2, -0.15) is 0 Å². The highest BCUT2D eigenvalue weighted by molar-refractivity contribution is 5.68. The molecule has 1 amide bonds. The first kappa shape index (κ1) is 15.2. The van der Waals surface area contributed by atoms with Crippen molar-refractivity contribution in [1.82, 2.24) is 4.90 Å². The highest BCUT2D eigenvalue weighted by Crippen LogP contribution is 2.22. The summed E-state index contributed by atoms with van der Waals surface area (Å²) in [5.74, 6) is 0.505. The average Bonchev–Trinajstić information content (AvgIpc) is 2.27. The molecule has 0 unspecified atom stereocenters. The van der Waals surface area contributed by atoms with E-state index in [-0.39, 0.29) is 18.7 Å². The molecule has 1 heterocycles. The summed E-state index contributed by atoms with van der Waals surface area (Å²) in [6.45, 7) is 7.09. The fourth-order valence-corrected chi connectivity index (χ4v) is 2.18. The summed E-state index contributed by atoms with van der Waals surface area (Å²) in [4.78, 5) is 13.6. The fourth-order valence-electron chi connectivity index (χ4n) is 2.18. The molecule has 18 heavy (non-hydrogen) atoms. The van der Waals surface area contributed by atoms with Gasteiger partial charge in [-0.1, -0.05) is 0 Å². The maximum atomic E-state index is 11.8. The Bertz CT molecular complexity index is 268. The van der Waals surface area contributed by atoms with Gasteiger partial charge >= 0.3 is 6.09 Å². The van der Waals surface area contributed by atoms with Crippen molar-refractivity contribution in [2.24, 2.45) is 11.7 Å². The Morgan fingerprint density at radius 1 is 1.44 bits per heavy atom. The van der Waals surface area contributed by atoms with Crippen LogP contribution >= 0.6 is 0 Å². The molecule has 0 aliphatic carbocycles. The summed E-state index contributed by atoms with van der Waals surface area (Å²) < 4.78 is 5.34. The summed E-state index contributed by atoms with van der Waals surface area (Å²) in [6, 6.07) is -0.136. The molecule has 1 aliphatic rings. The number of aliphatic hydroxyl groups excluding tert-OH is 1. The van der Waals surface area contributed by atoms with Crippen molar-refractivity contribution in [2.75, 3.05) is 19.7 Å². The van der Waals surface area contributed by atoms with Crippen molar-refractivity contribution in [1.29, 1.82) is 0 Å². The predicted octanol–water partition coefficient (Wildman–Crippen LogP) is 1.34. The number of nitrogens with zero attached hydrogens (tertiary/aromatic N) is 1. The van der Waals surface area contributed by atoms with E-state index in [1.54, 1.807) is 4.90 Å². The van der Waals surface area contributed by atoms with E-state index in [1.165, 1.54) is 0 Å². The number of carbonyl (C=O) groups is 1. The number of hydrogen-bond donors (Lipinski definition) is 2. The van der Waals surface area contributed by atoms with Gasteiger partial charge in [-0.3, -0.25) is 0 Å². The van der Waals surface area contributed by atoms with Crippen LogP contribution in [0.1, 0.15) is 40.0 Å². The van der Waals surface area contributed by atoms with E-state index in [2.05, 4.69) is 0 Å². The number of likely N-dealkylation sites (tertiary alicyclic amines) is 1. The third kappa shape index (κ3) is 5.23. The summed E-state index contributed by atoms with van der Waals surface area (Å²) in [5, 5.41) is 8.92. The molecule has 1 aliphatic heterocycles. The highest BCUT2D eigenvalue weighted by Gasteiger charge is 2.27. The van der Waals surface area contributed by atoms with Crippen molar-refractivity contribution >= 4 is 6.09 Å². The van der Waals surface area contributed by atoms with E-state index in [9.17, 15) is 4.79 Å². The summed E-state index contributed by atoms with van der Waals surface area (Å²) in [7, 11) is 0. The zero-order valence-corrected chi connectivity index (χ0v) is 11.7. The molecule has 3 N–H and O–H groups in total. The van der Waals surface area contributed by atoms with Crippen molar-refractivity contribution in [3.8, 4) is 0 Å². The number of nitrogens with two attached hydrogens (primary N) is 1. The molecule has 0 saturated carbocycles. The molecule has 0 aromatic heterocycles. The minimum Gasteiger partial charge on any atom is -0.444 e. The van der Waals surface area contributed by atoms with E-state index in [1.807, 2.05) is 20.8 Å². The van der Waals surface area contributed by atoms with E-state index in [4.69, 9.17) is 15.6 Å². The van der Waals surface area contributed by atoms with Crippen LogP contribution in [-0.2, 0) is 4.74 Å². The Labute approximate surface area is 109 Å². The molecule has 0 aromatic rings. The summed E-state index contributed by atoms with van der Waals surface area (Å²) in [5.41, 5.74) is 5.29. The first-order valence-corrected chi connectivity index (χ1v) is 6.66.